The molecule has 0 aromatic heterocycles. The summed E-state index contributed by atoms with van der Waals surface area (Å²) in [6, 6.07) is -0.901. The van der Waals surface area contributed by atoms with E-state index < -0.39 is 20.0 Å². The summed E-state index contributed by atoms with van der Waals surface area (Å²) in [5, 5.41) is 13.9. The molecule has 76 heavy (non-hydrogen) atoms. The smallest absolute Gasteiger partial charge is 0.268 e. The fourth-order valence-electron chi connectivity index (χ4n) is 10.4. The Kier molecular flexibility index (Phi) is 57.8. The highest BCUT2D eigenvalue weighted by Gasteiger charge is 2.23. The summed E-state index contributed by atoms with van der Waals surface area (Å²) in [5.74, 6) is -0.199. The third-order valence-electron chi connectivity index (χ3n) is 15.7. The number of allylic oxidation sites excluding steroid dienone is 3. The molecule has 2 N–H and O–H groups in total. The summed E-state index contributed by atoms with van der Waals surface area (Å²) in [6.07, 6.45) is 75.8. The van der Waals surface area contributed by atoms with Crippen LogP contribution in [0, 0.1) is 0 Å². The predicted octanol–water partition coefficient (Wildman–Crippen LogP) is 20.5. The van der Waals surface area contributed by atoms with Gasteiger partial charge in [-0.25, -0.2) is 0 Å². The van der Waals surface area contributed by atoms with Crippen molar-refractivity contribution in [2.24, 2.45) is 0 Å². The van der Waals surface area contributed by atoms with Crippen LogP contribution in [-0.4, -0.2) is 68.5 Å². The summed E-state index contributed by atoms with van der Waals surface area (Å²) >= 11 is 0. The summed E-state index contributed by atoms with van der Waals surface area (Å²) < 4.78 is 23.4. The lowest BCUT2D eigenvalue weighted by molar-refractivity contribution is -0.870. The number of rotatable bonds is 63. The molecule has 0 saturated heterocycles. The zero-order chi connectivity index (χ0) is 55.6. The Bertz CT molecular complexity index is 1290. The summed E-state index contributed by atoms with van der Waals surface area (Å²) in [4.78, 5) is 25.6. The molecular formula is C67H133N2O6P. The van der Waals surface area contributed by atoms with Crippen LogP contribution in [0.25, 0.3) is 0 Å². The predicted molar refractivity (Wildman–Crippen MR) is 330 cm³/mol. The number of carbonyl (C=O) groups is 1. The number of aliphatic hydroxyl groups is 1. The van der Waals surface area contributed by atoms with Crippen molar-refractivity contribution in [2.45, 2.75) is 360 Å². The lowest BCUT2D eigenvalue weighted by atomic mass is 10.0. The van der Waals surface area contributed by atoms with Gasteiger partial charge >= 0.3 is 0 Å². The monoisotopic (exact) mass is 1090 g/mol. The van der Waals surface area contributed by atoms with E-state index in [0.29, 0.717) is 17.4 Å². The van der Waals surface area contributed by atoms with Crippen LogP contribution in [0.5, 0.6) is 0 Å². The van der Waals surface area contributed by atoms with Gasteiger partial charge in [0.1, 0.15) is 13.2 Å². The van der Waals surface area contributed by atoms with Crippen LogP contribution in [0.1, 0.15) is 348 Å². The van der Waals surface area contributed by atoms with E-state index in [4.69, 9.17) is 9.05 Å². The van der Waals surface area contributed by atoms with E-state index >= 15 is 0 Å². The fourth-order valence-corrected chi connectivity index (χ4v) is 11.1. The third kappa shape index (κ3) is 60.6. The first-order chi connectivity index (χ1) is 37.0. The second-order valence-corrected chi connectivity index (χ2v) is 25.9. The normalized spacial score (nSPS) is 13.8. The van der Waals surface area contributed by atoms with Crippen LogP contribution >= 0.6 is 7.82 Å². The van der Waals surface area contributed by atoms with Crippen LogP contribution in [0.3, 0.4) is 0 Å². The Hall–Kier alpha value is -1.02. The number of likely N-dealkylation sites (N-methyl/N-ethyl adjacent to an activating group) is 1. The SMILES string of the molecule is CCCCCCCCCCCCCCCCCCCCCCCC/C=C/CC/C=C/C(O)C(COP(=O)([O-])OCC[N+](C)(C)C)NC(=O)CCCCCCCCCCCCCCCCCCCCCCCCCCCC. The number of hydrogen-bond acceptors (Lipinski definition) is 6. The van der Waals surface area contributed by atoms with Gasteiger partial charge in [0.15, 0.2) is 0 Å². The van der Waals surface area contributed by atoms with Gasteiger partial charge in [0, 0.05) is 6.42 Å². The Morgan fingerprint density at radius 3 is 1.07 bits per heavy atom. The van der Waals surface area contributed by atoms with Crippen LogP contribution in [-0.2, 0) is 18.4 Å². The Labute approximate surface area is 474 Å². The molecule has 0 saturated carbocycles. The highest BCUT2D eigenvalue weighted by atomic mass is 31.2. The van der Waals surface area contributed by atoms with Crippen molar-refractivity contribution < 1.29 is 32.9 Å². The molecule has 0 radical (unpaired) electrons. The highest BCUT2D eigenvalue weighted by molar-refractivity contribution is 7.45. The maximum atomic E-state index is 13.0. The number of amides is 1. The molecule has 0 aliphatic heterocycles. The van der Waals surface area contributed by atoms with Gasteiger partial charge in [-0.1, -0.05) is 334 Å². The Balaban J connectivity index is 4.11. The molecule has 0 aromatic carbocycles. The van der Waals surface area contributed by atoms with Gasteiger partial charge in [-0.05, 0) is 32.1 Å². The van der Waals surface area contributed by atoms with Gasteiger partial charge < -0.3 is 28.8 Å². The zero-order valence-electron chi connectivity index (χ0n) is 51.7. The van der Waals surface area contributed by atoms with Gasteiger partial charge in [-0.2, -0.15) is 0 Å². The Morgan fingerprint density at radius 1 is 0.447 bits per heavy atom. The highest BCUT2D eigenvalue weighted by Crippen LogP contribution is 2.38. The standard InChI is InChI=1S/C67H133N2O6P/c1-6-8-10-12-14-16-18-20-22-24-26-28-30-32-34-35-36-38-40-42-44-46-48-50-52-54-56-58-60-66(70)65(64-75-76(72,73)74-63-62-69(3,4)5)68-67(71)61-59-57-55-53-51-49-47-45-43-41-39-37-33-31-29-27-25-23-21-19-17-15-13-11-9-7-2/h50,52,58,60,65-66,70H,6-49,51,53-57,59,61-64H2,1-5H3,(H-,68,71,72,73)/b52-50+,60-58+. The van der Waals surface area contributed by atoms with Crippen molar-refractivity contribution in [3.8, 4) is 0 Å². The van der Waals surface area contributed by atoms with E-state index in [1.165, 1.54) is 289 Å². The van der Waals surface area contributed by atoms with E-state index in [1.54, 1.807) is 6.08 Å². The molecule has 0 heterocycles. The number of hydrogen-bond donors (Lipinski definition) is 2. The lowest BCUT2D eigenvalue weighted by Crippen LogP contribution is -2.45. The average molecular weight is 1090 g/mol. The minimum absolute atomic E-state index is 0.00345. The van der Waals surface area contributed by atoms with E-state index in [9.17, 15) is 19.4 Å². The minimum atomic E-state index is -4.61. The molecule has 0 aliphatic rings. The van der Waals surface area contributed by atoms with Gasteiger partial charge in [-0.3, -0.25) is 9.36 Å². The molecule has 0 aromatic rings. The number of unbranched alkanes of at least 4 members (excludes halogenated alkanes) is 48. The first kappa shape index (κ1) is 75.0. The van der Waals surface area contributed by atoms with Crippen LogP contribution in [0.15, 0.2) is 24.3 Å². The number of carbonyl (C=O) groups excluding carboxylic acids is 1. The van der Waals surface area contributed by atoms with Crippen LogP contribution in [0.2, 0.25) is 0 Å². The average Bonchev–Trinajstić information content (AvgIpc) is 3.38. The molecular weight excluding hydrogens is 960 g/mol. The number of aliphatic hydroxyl groups excluding tert-OH is 1. The summed E-state index contributed by atoms with van der Waals surface area (Å²) in [6.45, 7) is 4.69. The number of nitrogens with zero attached hydrogens (tertiary/aromatic N) is 1. The molecule has 3 unspecified atom stereocenters. The van der Waals surface area contributed by atoms with E-state index in [0.717, 1.165) is 38.5 Å². The minimum Gasteiger partial charge on any atom is -0.756 e. The van der Waals surface area contributed by atoms with Crippen molar-refractivity contribution in [1.29, 1.82) is 0 Å². The molecule has 0 rings (SSSR count). The molecule has 8 nitrogen and oxygen atoms in total. The lowest BCUT2D eigenvalue weighted by Gasteiger charge is -2.29. The largest absolute Gasteiger partial charge is 0.756 e. The molecule has 1 amide bonds. The Morgan fingerprint density at radius 2 is 0.737 bits per heavy atom. The van der Waals surface area contributed by atoms with Crippen molar-refractivity contribution in [3.63, 3.8) is 0 Å². The van der Waals surface area contributed by atoms with E-state index in [2.05, 4.69) is 31.3 Å². The van der Waals surface area contributed by atoms with Crippen molar-refractivity contribution in [3.05, 3.63) is 24.3 Å². The van der Waals surface area contributed by atoms with Gasteiger partial charge in [-0.15, -0.1) is 0 Å². The van der Waals surface area contributed by atoms with Crippen LogP contribution < -0.4 is 10.2 Å². The van der Waals surface area contributed by atoms with E-state index in [1.807, 2.05) is 27.2 Å². The van der Waals surface area contributed by atoms with Crippen molar-refractivity contribution >= 4 is 13.7 Å². The number of quaternary nitrogens is 1. The molecule has 9 heteroatoms. The quantitative estimate of drug-likeness (QED) is 0.0272. The van der Waals surface area contributed by atoms with E-state index in [-0.39, 0.29) is 19.1 Å². The van der Waals surface area contributed by atoms with Crippen LogP contribution in [0.4, 0.5) is 0 Å². The molecule has 452 valence electrons. The first-order valence-electron chi connectivity index (χ1n) is 33.7. The topological polar surface area (TPSA) is 108 Å². The molecule has 0 aliphatic carbocycles. The number of nitrogens with one attached hydrogen (secondary N) is 1. The second-order valence-electron chi connectivity index (χ2n) is 24.5. The summed E-state index contributed by atoms with van der Waals surface area (Å²) in [7, 11) is 1.26. The number of phosphoric acid groups is 1. The van der Waals surface area contributed by atoms with Crippen molar-refractivity contribution in [1.82, 2.24) is 5.32 Å². The van der Waals surface area contributed by atoms with Gasteiger partial charge in [0.2, 0.25) is 5.91 Å². The first-order valence-corrected chi connectivity index (χ1v) is 35.2. The number of phosphoric ester groups is 1. The zero-order valence-corrected chi connectivity index (χ0v) is 52.6. The molecule has 0 bridgehead atoms. The maximum absolute atomic E-state index is 13.0. The molecule has 3 atom stereocenters. The van der Waals surface area contributed by atoms with Gasteiger partial charge in [0.05, 0.1) is 39.9 Å². The van der Waals surface area contributed by atoms with Gasteiger partial charge in [0.25, 0.3) is 7.82 Å². The fraction of sp³-hybridized carbons (Fsp3) is 0.925. The maximum Gasteiger partial charge on any atom is 0.268 e. The molecule has 0 spiro atoms. The molecule has 0 fully saturated rings. The van der Waals surface area contributed by atoms with Crippen molar-refractivity contribution in [2.75, 3.05) is 40.9 Å². The third-order valence-corrected chi connectivity index (χ3v) is 16.6. The summed E-state index contributed by atoms with van der Waals surface area (Å²) in [5.41, 5.74) is 0. The second kappa shape index (κ2) is 58.6.